The molecule has 0 amide bonds. The number of rotatable bonds is 4. The molecule has 0 bridgehead atoms. The van der Waals surface area contributed by atoms with Crippen LogP contribution in [0, 0.1) is 6.92 Å². The van der Waals surface area contributed by atoms with E-state index in [1.807, 2.05) is 0 Å². The Labute approximate surface area is 161 Å². The van der Waals surface area contributed by atoms with Crippen molar-refractivity contribution in [2.45, 2.75) is 26.4 Å². The highest BCUT2D eigenvalue weighted by atomic mass is 35.5. The van der Waals surface area contributed by atoms with E-state index in [-0.39, 0.29) is 18.6 Å². The first-order valence-corrected chi connectivity index (χ1v) is 9.14. The normalized spacial score (nSPS) is 16.4. The highest BCUT2D eigenvalue weighted by Crippen LogP contribution is 2.32. The van der Waals surface area contributed by atoms with E-state index in [2.05, 4.69) is 72.0 Å². The van der Waals surface area contributed by atoms with Crippen LogP contribution in [0.4, 0.5) is 0 Å². The third-order valence-corrected chi connectivity index (χ3v) is 5.02. The van der Waals surface area contributed by atoms with Gasteiger partial charge in [0.25, 0.3) is 0 Å². The fourth-order valence-corrected chi connectivity index (χ4v) is 3.75. The molecule has 2 heterocycles. The molecule has 0 aliphatic carbocycles. The SMILES string of the molecule is CCC(N1CCOCC1)n1nc(-c2ccccc2)c2cc(C)ccc21.Cl. The zero-order valence-electron chi connectivity index (χ0n) is 15.4. The van der Waals surface area contributed by atoms with Gasteiger partial charge in [0.05, 0.1) is 18.7 Å². The van der Waals surface area contributed by atoms with Crippen molar-refractivity contribution < 1.29 is 4.74 Å². The molecule has 0 radical (unpaired) electrons. The summed E-state index contributed by atoms with van der Waals surface area (Å²) < 4.78 is 7.76. The number of fused-ring (bicyclic) bond motifs is 1. The zero-order chi connectivity index (χ0) is 17.2. The number of hydrogen-bond donors (Lipinski definition) is 0. The lowest BCUT2D eigenvalue weighted by atomic mass is 10.1. The Morgan fingerprint density at radius 1 is 1.08 bits per heavy atom. The van der Waals surface area contributed by atoms with Crippen molar-refractivity contribution in [3.05, 3.63) is 54.1 Å². The average molecular weight is 372 g/mol. The van der Waals surface area contributed by atoms with Gasteiger partial charge >= 0.3 is 0 Å². The molecule has 1 atom stereocenters. The third kappa shape index (κ3) is 3.50. The quantitative estimate of drug-likeness (QED) is 0.667. The van der Waals surface area contributed by atoms with E-state index in [1.54, 1.807) is 0 Å². The summed E-state index contributed by atoms with van der Waals surface area (Å²) in [6.07, 6.45) is 1.30. The minimum atomic E-state index is 0. The summed E-state index contributed by atoms with van der Waals surface area (Å²) in [6, 6.07) is 17.1. The number of aromatic nitrogens is 2. The van der Waals surface area contributed by atoms with E-state index < -0.39 is 0 Å². The summed E-state index contributed by atoms with van der Waals surface area (Å²) in [5.41, 5.74) is 4.73. The van der Waals surface area contributed by atoms with Crippen molar-refractivity contribution in [1.29, 1.82) is 0 Å². The van der Waals surface area contributed by atoms with Gasteiger partial charge < -0.3 is 4.74 Å². The lowest BCUT2D eigenvalue weighted by molar-refractivity contribution is -0.00480. The van der Waals surface area contributed by atoms with E-state index in [4.69, 9.17) is 9.84 Å². The van der Waals surface area contributed by atoms with Crippen LogP contribution < -0.4 is 0 Å². The molecule has 1 unspecified atom stereocenters. The fourth-order valence-electron chi connectivity index (χ4n) is 3.75. The summed E-state index contributed by atoms with van der Waals surface area (Å²) >= 11 is 0. The first-order valence-electron chi connectivity index (χ1n) is 9.14. The molecule has 26 heavy (non-hydrogen) atoms. The topological polar surface area (TPSA) is 30.3 Å². The van der Waals surface area contributed by atoms with Crippen molar-refractivity contribution in [3.63, 3.8) is 0 Å². The van der Waals surface area contributed by atoms with Crippen LogP contribution in [0.15, 0.2) is 48.5 Å². The average Bonchev–Trinajstić information content (AvgIpc) is 3.02. The number of aryl methyl sites for hydroxylation is 1. The number of ether oxygens (including phenoxy) is 1. The number of nitrogens with zero attached hydrogens (tertiary/aromatic N) is 3. The van der Waals surface area contributed by atoms with Gasteiger partial charge in [-0.2, -0.15) is 5.10 Å². The van der Waals surface area contributed by atoms with Crippen molar-refractivity contribution in [1.82, 2.24) is 14.7 Å². The lowest BCUT2D eigenvalue weighted by Gasteiger charge is -2.34. The summed E-state index contributed by atoms with van der Waals surface area (Å²) in [7, 11) is 0. The largest absolute Gasteiger partial charge is 0.379 e. The van der Waals surface area contributed by atoms with E-state index in [0.29, 0.717) is 0 Å². The number of hydrogen-bond acceptors (Lipinski definition) is 3. The van der Waals surface area contributed by atoms with Crippen LogP contribution in [0.25, 0.3) is 22.2 Å². The van der Waals surface area contributed by atoms with Gasteiger partial charge in [-0.05, 0) is 25.5 Å². The Balaban J connectivity index is 0.00000196. The van der Waals surface area contributed by atoms with Gasteiger partial charge in [0.1, 0.15) is 11.9 Å². The molecule has 138 valence electrons. The van der Waals surface area contributed by atoms with Gasteiger partial charge in [-0.3, -0.25) is 4.90 Å². The van der Waals surface area contributed by atoms with Crippen molar-refractivity contribution >= 4 is 23.3 Å². The van der Waals surface area contributed by atoms with Crippen LogP contribution in [0.3, 0.4) is 0 Å². The van der Waals surface area contributed by atoms with Crippen molar-refractivity contribution in [2.75, 3.05) is 26.3 Å². The summed E-state index contributed by atoms with van der Waals surface area (Å²) in [5, 5.41) is 6.32. The van der Waals surface area contributed by atoms with Crippen LogP contribution in [0.2, 0.25) is 0 Å². The van der Waals surface area contributed by atoms with E-state index in [9.17, 15) is 0 Å². The Kier molecular flexibility index (Phi) is 5.97. The molecule has 1 saturated heterocycles. The maximum atomic E-state index is 5.54. The molecule has 1 fully saturated rings. The van der Waals surface area contributed by atoms with E-state index >= 15 is 0 Å². The first-order chi connectivity index (χ1) is 12.3. The molecule has 4 nitrogen and oxygen atoms in total. The van der Waals surface area contributed by atoms with Crippen LogP contribution in [0.5, 0.6) is 0 Å². The lowest BCUT2D eigenvalue weighted by Crippen LogP contribution is -2.41. The Morgan fingerprint density at radius 2 is 1.81 bits per heavy atom. The molecule has 2 aromatic carbocycles. The molecule has 1 aromatic heterocycles. The number of morpholine rings is 1. The number of halogens is 1. The molecule has 1 aliphatic rings. The summed E-state index contributed by atoms with van der Waals surface area (Å²) in [5.74, 6) is 0. The molecule has 5 heteroatoms. The van der Waals surface area contributed by atoms with Crippen LogP contribution in [0.1, 0.15) is 25.1 Å². The molecule has 4 rings (SSSR count). The summed E-state index contributed by atoms with van der Waals surface area (Å²) in [4.78, 5) is 2.49. The fraction of sp³-hybridized carbons (Fsp3) is 0.381. The van der Waals surface area contributed by atoms with Crippen LogP contribution in [-0.2, 0) is 4.74 Å². The molecule has 0 spiro atoms. The first kappa shape index (κ1) is 18.9. The van der Waals surface area contributed by atoms with Crippen molar-refractivity contribution in [2.24, 2.45) is 0 Å². The Hall–Kier alpha value is -1.88. The Morgan fingerprint density at radius 3 is 2.50 bits per heavy atom. The van der Waals surface area contributed by atoms with E-state index in [1.165, 1.54) is 22.0 Å². The second kappa shape index (κ2) is 8.21. The smallest absolute Gasteiger partial charge is 0.104 e. The van der Waals surface area contributed by atoms with Gasteiger partial charge in [0, 0.05) is 24.0 Å². The molecular formula is C21H26ClN3O. The van der Waals surface area contributed by atoms with Gasteiger partial charge in [-0.15, -0.1) is 12.4 Å². The summed E-state index contributed by atoms with van der Waals surface area (Å²) in [6.45, 7) is 7.92. The monoisotopic (exact) mass is 371 g/mol. The zero-order valence-corrected chi connectivity index (χ0v) is 16.2. The van der Waals surface area contributed by atoms with E-state index in [0.717, 1.165) is 38.4 Å². The standard InChI is InChI=1S/C21H25N3O.ClH/c1-3-20(23-11-13-25-14-12-23)24-19-10-9-16(2)15-18(19)21(22-24)17-7-5-4-6-8-17;/h4-10,15,20H,3,11-14H2,1-2H3;1H. The minimum absolute atomic E-state index is 0. The van der Waals surface area contributed by atoms with Gasteiger partial charge in [0.15, 0.2) is 0 Å². The molecule has 3 aromatic rings. The second-order valence-corrected chi connectivity index (χ2v) is 6.72. The van der Waals surface area contributed by atoms with Crippen LogP contribution >= 0.6 is 12.4 Å². The molecule has 0 saturated carbocycles. The highest BCUT2D eigenvalue weighted by molar-refractivity contribution is 5.93. The number of benzene rings is 2. The minimum Gasteiger partial charge on any atom is -0.379 e. The maximum Gasteiger partial charge on any atom is 0.104 e. The van der Waals surface area contributed by atoms with Gasteiger partial charge in [-0.25, -0.2) is 4.68 Å². The molecular weight excluding hydrogens is 346 g/mol. The highest BCUT2D eigenvalue weighted by Gasteiger charge is 2.24. The third-order valence-electron chi connectivity index (χ3n) is 5.02. The molecule has 1 aliphatic heterocycles. The van der Waals surface area contributed by atoms with Gasteiger partial charge in [-0.1, -0.05) is 48.9 Å². The Bertz CT molecular complexity index is 856. The second-order valence-electron chi connectivity index (χ2n) is 6.72. The molecule has 0 N–H and O–H groups in total. The maximum absolute atomic E-state index is 5.54. The predicted molar refractivity (Wildman–Crippen MR) is 109 cm³/mol. The predicted octanol–water partition coefficient (Wildman–Crippen LogP) is 4.67. The van der Waals surface area contributed by atoms with Crippen LogP contribution in [-0.4, -0.2) is 41.0 Å². The van der Waals surface area contributed by atoms with Crippen molar-refractivity contribution in [3.8, 4) is 11.3 Å². The van der Waals surface area contributed by atoms with Gasteiger partial charge in [0.2, 0.25) is 0 Å².